The van der Waals surface area contributed by atoms with Crippen LogP contribution in [0.25, 0.3) is 0 Å². The number of rotatable bonds is 8. The van der Waals surface area contributed by atoms with Gasteiger partial charge in [0, 0.05) is 13.1 Å². The van der Waals surface area contributed by atoms with Crippen LogP contribution in [-0.2, 0) is 4.79 Å². The maximum Gasteiger partial charge on any atom is 0.263 e. The van der Waals surface area contributed by atoms with Crippen molar-refractivity contribution in [2.75, 3.05) is 33.4 Å². The number of ether oxygens (including phenoxy) is 2. The number of benzene rings is 1. The molecule has 112 valence electrons. The Morgan fingerprint density at radius 2 is 1.65 bits per heavy atom. The van der Waals surface area contributed by atoms with E-state index in [2.05, 4.69) is 0 Å². The van der Waals surface area contributed by atoms with Gasteiger partial charge < -0.3 is 24.6 Å². The average Bonchev–Trinajstić information content (AvgIpc) is 2.47. The second-order valence-corrected chi connectivity index (χ2v) is 4.21. The highest BCUT2D eigenvalue weighted by Crippen LogP contribution is 2.18. The summed E-state index contributed by atoms with van der Waals surface area (Å²) in [7, 11) is 1.57. The van der Waals surface area contributed by atoms with Crippen LogP contribution in [0, 0.1) is 0 Å². The molecule has 0 aliphatic heterocycles. The molecule has 0 heterocycles. The van der Waals surface area contributed by atoms with Crippen LogP contribution in [0.5, 0.6) is 11.5 Å². The highest BCUT2D eigenvalue weighted by atomic mass is 16.5. The first-order valence-corrected chi connectivity index (χ1v) is 6.43. The number of carbonyl (C=O) groups is 1. The van der Waals surface area contributed by atoms with Crippen LogP contribution >= 0.6 is 0 Å². The molecule has 0 aromatic heterocycles. The summed E-state index contributed by atoms with van der Waals surface area (Å²) < 4.78 is 10.6. The number of nitrogens with zero attached hydrogens (tertiary/aromatic N) is 1. The number of carbonyl (C=O) groups excluding carboxylic acids is 1. The van der Waals surface area contributed by atoms with Crippen molar-refractivity contribution in [3.63, 3.8) is 0 Å². The molecule has 0 saturated carbocycles. The van der Waals surface area contributed by atoms with Crippen molar-refractivity contribution in [3.05, 3.63) is 24.3 Å². The summed E-state index contributed by atoms with van der Waals surface area (Å²) in [6.07, 6.45) is -0.693. The van der Waals surface area contributed by atoms with E-state index in [1.54, 1.807) is 38.3 Å². The largest absolute Gasteiger partial charge is 0.497 e. The lowest BCUT2D eigenvalue weighted by atomic mass is 10.3. The second-order valence-electron chi connectivity index (χ2n) is 4.21. The Morgan fingerprint density at radius 1 is 1.15 bits per heavy atom. The Labute approximate surface area is 118 Å². The Kier molecular flexibility index (Phi) is 6.83. The van der Waals surface area contributed by atoms with Crippen LogP contribution in [0.3, 0.4) is 0 Å². The molecule has 0 radical (unpaired) electrons. The standard InChI is InChI=1S/C14H21NO5/c1-11(14(18)15(7-9-16)8-10-17)20-13-5-3-12(19-2)4-6-13/h3-6,11,16-17H,7-10H2,1-2H3. The van der Waals surface area contributed by atoms with Gasteiger partial charge in [-0.2, -0.15) is 0 Å². The van der Waals surface area contributed by atoms with Crippen molar-refractivity contribution in [3.8, 4) is 11.5 Å². The Balaban J connectivity index is 2.62. The van der Waals surface area contributed by atoms with Gasteiger partial charge in [-0.1, -0.05) is 0 Å². The zero-order valence-electron chi connectivity index (χ0n) is 11.8. The minimum atomic E-state index is -0.693. The lowest BCUT2D eigenvalue weighted by molar-refractivity contribution is -0.139. The van der Waals surface area contributed by atoms with Crippen molar-refractivity contribution >= 4 is 5.91 Å². The zero-order chi connectivity index (χ0) is 15.0. The van der Waals surface area contributed by atoms with E-state index in [0.717, 1.165) is 0 Å². The third-order valence-electron chi connectivity index (χ3n) is 2.77. The first kappa shape index (κ1) is 16.3. The maximum absolute atomic E-state index is 12.1. The summed E-state index contributed by atoms with van der Waals surface area (Å²) in [5.74, 6) is 0.988. The smallest absolute Gasteiger partial charge is 0.263 e. The third kappa shape index (κ3) is 4.71. The summed E-state index contributed by atoms with van der Waals surface area (Å²) in [5.41, 5.74) is 0. The third-order valence-corrected chi connectivity index (χ3v) is 2.77. The Bertz CT molecular complexity index is 401. The fourth-order valence-electron chi connectivity index (χ4n) is 1.74. The molecule has 6 heteroatoms. The summed E-state index contributed by atoms with van der Waals surface area (Å²) in [5, 5.41) is 17.8. The fraction of sp³-hybridized carbons (Fsp3) is 0.500. The first-order chi connectivity index (χ1) is 9.62. The predicted octanol–water partition coefficient (Wildman–Crippen LogP) is 0.276. The van der Waals surface area contributed by atoms with Crippen LogP contribution < -0.4 is 9.47 Å². The number of methoxy groups -OCH3 is 1. The predicted molar refractivity (Wildman–Crippen MR) is 73.8 cm³/mol. The summed E-state index contributed by atoms with van der Waals surface area (Å²) in [6, 6.07) is 6.91. The summed E-state index contributed by atoms with van der Waals surface area (Å²) >= 11 is 0. The highest BCUT2D eigenvalue weighted by molar-refractivity contribution is 5.80. The maximum atomic E-state index is 12.1. The van der Waals surface area contributed by atoms with E-state index in [1.165, 1.54) is 4.90 Å². The molecule has 0 bridgehead atoms. The van der Waals surface area contributed by atoms with Gasteiger partial charge in [0.1, 0.15) is 11.5 Å². The lowest BCUT2D eigenvalue weighted by Crippen LogP contribution is -2.43. The van der Waals surface area contributed by atoms with Crippen LogP contribution in [0.2, 0.25) is 0 Å². The van der Waals surface area contributed by atoms with Gasteiger partial charge in [0.2, 0.25) is 0 Å². The molecule has 1 rings (SSSR count). The number of hydrogen-bond acceptors (Lipinski definition) is 5. The van der Waals surface area contributed by atoms with Crippen LogP contribution in [0.4, 0.5) is 0 Å². The highest BCUT2D eigenvalue weighted by Gasteiger charge is 2.21. The SMILES string of the molecule is COc1ccc(OC(C)C(=O)N(CCO)CCO)cc1. The van der Waals surface area contributed by atoms with E-state index < -0.39 is 6.10 Å². The van der Waals surface area contributed by atoms with E-state index in [9.17, 15) is 4.79 Å². The molecule has 0 aliphatic rings. The normalized spacial score (nSPS) is 11.8. The van der Waals surface area contributed by atoms with Gasteiger partial charge in [-0.05, 0) is 31.2 Å². The molecule has 2 N–H and O–H groups in total. The monoisotopic (exact) mass is 283 g/mol. The van der Waals surface area contributed by atoms with Gasteiger partial charge in [-0.25, -0.2) is 0 Å². The molecule has 1 amide bonds. The molecule has 0 spiro atoms. The molecule has 1 atom stereocenters. The van der Waals surface area contributed by atoms with E-state index in [0.29, 0.717) is 11.5 Å². The van der Waals surface area contributed by atoms with E-state index in [-0.39, 0.29) is 32.2 Å². The lowest BCUT2D eigenvalue weighted by Gasteiger charge is -2.24. The van der Waals surface area contributed by atoms with Crippen molar-refractivity contribution in [2.45, 2.75) is 13.0 Å². The Morgan fingerprint density at radius 3 is 2.10 bits per heavy atom. The van der Waals surface area contributed by atoms with Crippen molar-refractivity contribution in [1.29, 1.82) is 0 Å². The Hall–Kier alpha value is -1.79. The molecule has 0 fully saturated rings. The topological polar surface area (TPSA) is 79.2 Å². The number of aliphatic hydroxyl groups is 2. The van der Waals surface area contributed by atoms with Crippen LogP contribution in [-0.4, -0.2) is 60.5 Å². The summed E-state index contributed by atoms with van der Waals surface area (Å²) in [6.45, 7) is 1.68. The number of amides is 1. The zero-order valence-corrected chi connectivity index (χ0v) is 11.8. The molecular formula is C14H21NO5. The van der Waals surface area contributed by atoms with Crippen molar-refractivity contribution < 1.29 is 24.5 Å². The van der Waals surface area contributed by atoms with Crippen molar-refractivity contribution in [1.82, 2.24) is 4.90 Å². The fourth-order valence-corrected chi connectivity index (χ4v) is 1.74. The molecular weight excluding hydrogens is 262 g/mol. The average molecular weight is 283 g/mol. The molecule has 1 aromatic rings. The molecule has 6 nitrogen and oxygen atoms in total. The van der Waals surface area contributed by atoms with Gasteiger partial charge in [0.05, 0.1) is 20.3 Å². The van der Waals surface area contributed by atoms with E-state index in [1.807, 2.05) is 0 Å². The number of hydrogen-bond donors (Lipinski definition) is 2. The molecule has 1 aromatic carbocycles. The number of aliphatic hydroxyl groups excluding tert-OH is 2. The summed E-state index contributed by atoms with van der Waals surface area (Å²) in [4.78, 5) is 13.5. The van der Waals surface area contributed by atoms with Gasteiger partial charge in [-0.3, -0.25) is 4.79 Å². The minimum absolute atomic E-state index is 0.152. The minimum Gasteiger partial charge on any atom is -0.497 e. The van der Waals surface area contributed by atoms with Gasteiger partial charge >= 0.3 is 0 Å². The van der Waals surface area contributed by atoms with Crippen LogP contribution in [0.1, 0.15) is 6.92 Å². The van der Waals surface area contributed by atoms with Gasteiger partial charge in [0.15, 0.2) is 6.10 Å². The van der Waals surface area contributed by atoms with Gasteiger partial charge in [0.25, 0.3) is 5.91 Å². The van der Waals surface area contributed by atoms with E-state index >= 15 is 0 Å². The first-order valence-electron chi connectivity index (χ1n) is 6.43. The van der Waals surface area contributed by atoms with E-state index in [4.69, 9.17) is 19.7 Å². The van der Waals surface area contributed by atoms with Crippen molar-refractivity contribution in [2.24, 2.45) is 0 Å². The molecule has 0 aliphatic carbocycles. The second kappa shape index (κ2) is 8.39. The molecule has 1 unspecified atom stereocenters. The molecule has 20 heavy (non-hydrogen) atoms. The molecule has 0 saturated heterocycles. The van der Waals surface area contributed by atoms with Crippen LogP contribution in [0.15, 0.2) is 24.3 Å². The van der Waals surface area contributed by atoms with Gasteiger partial charge in [-0.15, -0.1) is 0 Å². The quantitative estimate of drug-likeness (QED) is 0.716.